The van der Waals surface area contributed by atoms with E-state index in [4.69, 9.17) is 9.78 Å². The van der Waals surface area contributed by atoms with Gasteiger partial charge in [-0.05, 0) is 0 Å². The van der Waals surface area contributed by atoms with Crippen LogP contribution >= 0.6 is 0 Å². The first-order valence-corrected chi connectivity index (χ1v) is 3.86. The van der Waals surface area contributed by atoms with Crippen molar-refractivity contribution in [2.75, 3.05) is 0 Å². The normalized spacial score (nSPS) is 10.0. The van der Waals surface area contributed by atoms with Gasteiger partial charge in [0.2, 0.25) is 5.89 Å². The minimum absolute atomic E-state index is 0.130. The van der Waals surface area contributed by atoms with E-state index in [1.165, 1.54) is 11.0 Å². The maximum atomic E-state index is 8.48. The summed E-state index contributed by atoms with van der Waals surface area (Å²) in [6.45, 7) is 2.06. The molecule has 0 saturated carbocycles. The molecule has 7 heteroatoms. The van der Waals surface area contributed by atoms with Crippen LogP contribution in [0.5, 0.6) is 0 Å². The van der Waals surface area contributed by atoms with Gasteiger partial charge < -0.3 is 4.52 Å². The summed E-state index contributed by atoms with van der Waals surface area (Å²) in [6, 6.07) is 1.83. The van der Waals surface area contributed by atoms with E-state index in [1.807, 2.05) is 6.07 Å². The highest BCUT2D eigenvalue weighted by atomic mass is 16.5. The van der Waals surface area contributed by atoms with E-state index >= 15 is 0 Å². The Balaban J connectivity index is 2.15. The molecule has 2 aromatic rings. The highest BCUT2D eigenvalue weighted by Gasteiger charge is 2.05. The Hall–Kier alpha value is -2.23. The molecule has 0 saturated heterocycles. The number of nitriles is 1. The molecule has 2 aromatic heterocycles. The molecule has 2 rings (SSSR count). The fourth-order valence-electron chi connectivity index (χ4n) is 0.972. The van der Waals surface area contributed by atoms with Gasteiger partial charge in [-0.15, -0.1) is 5.10 Å². The van der Waals surface area contributed by atoms with Gasteiger partial charge in [-0.1, -0.05) is 5.16 Å². The van der Waals surface area contributed by atoms with Gasteiger partial charge in [0.05, 0.1) is 0 Å². The molecular formula is C7H6N6O. The summed E-state index contributed by atoms with van der Waals surface area (Å²) in [4.78, 5) is 7.73. The van der Waals surface area contributed by atoms with Crippen LogP contribution in [0.2, 0.25) is 0 Å². The van der Waals surface area contributed by atoms with Gasteiger partial charge in [-0.2, -0.15) is 10.2 Å². The van der Waals surface area contributed by atoms with Crippen LogP contribution in [0.4, 0.5) is 0 Å². The highest BCUT2D eigenvalue weighted by molar-refractivity contribution is 5.05. The predicted octanol–water partition coefficient (Wildman–Crippen LogP) is -0.111. The Kier molecular flexibility index (Phi) is 1.95. The third-order valence-electron chi connectivity index (χ3n) is 1.51. The molecule has 14 heavy (non-hydrogen) atoms. The second kappa shape index (κ2) is 3.26. The van der Waals surface area contributed by atoms with Gasteiger partial charge in [0, 0.05) is 6.92 Å². The van der Waals surface area contributed by atoms with Crippen molar-refractivity contribution in [1.82, 2.24) is 24.9 Å². The molecule has 0 aromatic carbocycles. The monoisotopic (exact) mass is 190 g/mol. The van der Waals surface area contributed by atoms with Crippen LogP contribution in [0.3, 0.4) is 0 Å². The molecule has 0 aliphatic rings. The van der Waals surface area contributed by atoms with E-state index in [2.05, 4.69) is 20.2 Å². The number of hydrogen-bond acceptors (Lipinski definition) is 6. The lowest BCUT2D eigenvalue weighted by molar-refractivity contribution is 0.385. The highest BCUT2D eigenvalue weighted by Crippen LogP contribution is 1.97. The van der Waals surface area contributed by atoms with E-state index in [1.54, 1.807) is 6.92 Å². The lowest BCUT2D eigenvalue weighted by Gasteiger charge is -1.91. The maximum Gasteiger partial charge on any atom is 0.252 e. The van der Waals surface area contributed by atoms with Crippen molar-refractivity contribution in [2.24, 2.45) is 0 Å². The minimum atomic E-state index is 0.130. The largest absolute Gasteiger partial charge is 0.340 e. The molecule has 0 N–H and O–H groups in total. The summed E-state index contributed by atoms with van der Waals surface area (Å²) >= 11 is 0. The van der Waals surface area contributed by atoms with Crippen molar-refractivity contribution in [3.05, 3.63) is 23.9 Å². The summed E-state index contributed by atoms with van der Waals surface area (Å²) in [5.41, 5.74) is 0. The molecule has 0 bridgehead atoms. The molecule has 0 atom stereocenters. The molecule has 0 radical (unpaired) electrons. The van der Waals surface area contributed by atoms with Crippen molar-refractivity contribution in [3.8, 4) is 6.07 Å². The summed E-state index contributed by atoms with van der Waals surface area (Å²) in [5, 5.41) is 16.0. The number of rotatable bonds is 2. The Labute approximate surface area is 79.0 Å². The van der Waals surface area contributed by atoms with Crippen molar-refractivity contribution >= 4 is 0 Å². The van der Waals surface area contributed by atoms with Gasteiger partial charge >= 0.3 is 0 Å². The summed E-state index contributed by atoms with van der Waals surface area (Å²) in [6.07, 6.45) is 1.45. The first-order valence-electron chi connectivity index (χ1n) is 3.86. The summed E-state index contributed by atoms with van der Waals surface area (Å²) in [5.74, 6) is 1.14. The molecule has 2 heterocycles. The topological polar surface area (TPSA) is 93.4 Å². The molecule has 7 nitrogen and oxygen atoms in total. The zero-order chi connectivity index (χ0) is 9.97. The molecule has 0 aliphatic carbocycles. The van der Waals surface area contributed by atoms with Crippen LogP contribution in [-0.2, 0) is 6.54 Å². The SMILES string of the molecule is Cc1nc(Cn2cnc(C#N)n2)no1. The number of aromatic nitrogens is 5. The summed E-state index contributed by atoms with van der Waals surface area (Å²) < 4.78 is 6.26. The smallest absolute Gasteiger partial charge is 0.252 e. The third kappa shape index (κ3) is 1.59. The van der Waals surface area contributed by atoms with Crippen LogP contribution < -0.4 is 0 Å². The fraction of sp³-hybridized carbons (Fsp3) is 0.286. The lowest BCUT2D eigenvalue weighted by Crippen LogP contribution is -2.02. The predicted molar refractivity (Wildman–Crippen MR) is 42.9 cm³/mol. The molecule has 0 aliphatic heterocycles. The van der Waals surface area contributed by atoms with E-state index in [-0.39, 0.29) is 5.82 Å². The van der Waals surface area contributed by atoms with Gasteiger partial charge in [-0.3, -0.25) is 0 Å². The van der Waals surface area contributed by atoms with E-state index < -0.39 is 0 Å². The summed E-state index contributed by atoms with van der Waals surface area (Å²) in [7, 11) is 0. The molecule has 0 amide bonds. The number of aryl methyl sites for hydroxylation is 1. The second-order valence-electron chi connectivity index (χ2n) is 2.61. The second-order valence-corrected chi connectivity index (χ2v) is 2.61. The fourth-order valence-corrected chi connectivity index (χ4v) is 0.972. The van der Waals surface area contributed by atoms with Gasteiger partial charge in [-0.25, -0.2) is 9.67 Å². The molecule has 70 valence electrons. The van der Waals surface area contributed by atoms with Crippen molar-refractivity contribution in [3.63, 3.8) is 0 Å². The van der Waals surface area contributed by atoms with Crippen LogP contribution in [-0.4, -0.2) is 24.9 Å². The lowest BCUT2D eigenvalue weighted by atomic mass is 10.6. The van der Waals surface area contributed by atoms with E-state index in [9.17, 15) is 0 Å². The van der Waals surface area contributed by atoms with Crippen molar-refractivity contribution in [1.29, 1.82) is 5.26 Å². The van der Waals surface area contributed by atoms with Crippen LogP contribution in [0.15, 0.2) is 10.9 Å². The first kappa shape index (κ1) is 8.37. The van der Waals surface area contributed by atoms with Crippen LogP contribution in [0.1, 0.15) is 17.5 Å². The molecule has 0 spiro atoms. The third-order valence-corrected chi connectivity index (χ3v) is 1.51. The number of nitrogens with zero attached hydrogens (tertiary/aromatic N) is 6. The molecule has 0 unspecified atom stereocenters. The van der Waals surface area contributed by atoms with E-state index in [0.717, 1.165) is 0 Å². The van der Waals surface area contributed by atoms with Crippen LogP contribution in [0, 0.1) is 18.3 Å². The Morgan fingerprint density at radius 1 is 1.64 bits per heavy atom. The molecular weight excluding hydrogens is 184 g/mol. The van der Waals surface area contributed by atoms with Gasteiger partial charge in [0.1, 0.15) is 18.9 Å². The quantitative estimate of drug-likeness (QED) is 0.655. The van der Waals surface area contributed by atoms with Crippen LogP contribution in [0.25, 0.3) is 0 Å². The Morgan fingerprint density at radius 2 is 2.50 bits per heavy atom. The molecule has 0 fully saturated rings. The van der Waals surface area contributed by atoms with Crippen molar-refractivity contribution < 1.29 is 4.52 Å². The van der Waals surface area contributed by atoms with E-state index in [0.29, 0.717) is 18.3 Å². The minimum Gasteiger partial charge on any atom is -0.340 e. The van der Waals surface area contributed by atoms with Crippen molar-refractivity contribution in [2.45, 2.75) is 13.5 Å². The Bertz CT molecular complexity index is 478. The zero-order valence-electron chi connectivity index (χ0n) is 7.38. The zero-order valence-corrected chi connectivity index (χ0v) is 7.38. The first-order chi connectivity index (χ1) is 6.78. The average molecular weight is 190 g/mol. The van der Waals surface area contributed by atoms with Gasteiger partial charge in [0.15, 0.2) is 5.82 Å². The average Bonchev–Trinajstić information content (AvgIpc) is 2.76. The Morgan fingerprint density at radius 3 is 3.07 bits per heavy atom. The standard InChI is InChI=1S/C7H6N6O/c1-5-10-7(12-14-5)3-13-4-9-6(2-8)11-13/h4H,3H2,1H3. The number of hydrogen-bond donors (Lipinski definition) is 0. The maximum absolute atomic E-state index is 8.48. The van der Waals surface area contributed by atoms with Gasteiger partial charge in [0.25, 0.3) is 5.82 Å².